The Hall–Kier alpha value is -1.71. The van der Waals surface area contributed by atoms with Crippen molar-refractivity contribution < 1.29 is 23.8 Å². The van der Waals surface area contributed by atoms with E-state index in [4.69, 9.17) is 4.74 Å². The number of carbonyl (C=O) groups excluding carboxylic acids is 1. The van der Waals surface area contributed by atoms with Gasteiger partial charge in [-0.2, -0.15) is 0 Å². The molecule has 0 bridgehead atoms. The van der Waals surface area contributed by atoms with Crippen LogP contribution in [-0.4, -0.2) is 49.5 Å². The van der Waals surface area contributed by atoms with Crippen LogP contribution in [0.2, 0.25) is 0 Å². The summed E-state index contributed by atoms with van der Waals surface area (Å²) in [6, 6.07) is 5.85. The molecule has 0 saturated carbocycles. The first-order chi connectivity index (χ1) is 11.7. The van der Waals surface area contributed by atoms with E-state index in [0.717, 1.165) is 11.8 Å². The lowest BCUT2D eigenvalue weighted by Gasteiger charge is -2.31. The fourth-order valence-electron chi connectivity index (χ4n) is 2.37. The number of hydrogen-bond donors (Lipinski definition) is 1. The zero-order valence-electron chi connectivity index (χ0n) is 14.4. The van der Waals surface area contributed by atoms with Crippen molar-refractivity contribution in [2.75, 3.05) is 19.1 Å². The maximum Gasteiger partial charge on any atom is 0.337 e. The first-order valence-corrected chi connectivity index (χ1v) is 10.3. The molecule has 9 heteroatoms. The Kier molecular flexibility index (Phi) is 7.78. The van der Waals surface area contributed by atoms with Crippen molar-refractivity contribution in [3.8, 4) is 0 Å². The Morgan fingerprint density at radius 2 is 2.12 bits per heavy atom. The van der Waals surface area contributed by atoms with Crippen LogP contribution in [0, 0.1) is 10.1 Å². The highest BCUT2D eigenvalue weighted by molar-refractivity contribution is 8.10. The van der Waals surface area contributed by atoms with Crippen LogP contribution in [0.4, 0.5) is 5.69 Å². The van der Waals surface area contributed by atoms with E-state index in [9.17, 15) is 24.2 Å². The molecule has 0 radical (unpaired) electrons. The largest absolute Gasteiger partial charge is 0.463 e. The normalized spacial score (nSPS) is 16.6. The molecule has 0 fully saturated rings. The second-order valence-corrected chi connectivity index (χ2v) is 8.02. The van der Waals surface area contributed by atoms with Crippen molar-refractivity contribution in [3.63, 3.8) is 0 Å². The Morgan fingerprint density at radius 1 is 1.52 bits per heavy atom. The van der Waals surface area contributed by atoms with Gasteiger partial charge in [0.25, 0.3) is 5.69 Å². The highest BCUT2D eigenvalue weighted by Crippen LogP contribution is 2.34. The van der Waals surface area contributed by atoms with Crippen molar-refractivity contribution in [1.82, 2.24) is 0 Å². The number of para-hydroxylation sites is 1. The molecule has 0 aliphatic rings. The van der Waals surface area contributed by atoms with Gasteiger partial charge in [-0.3, -0.25) is 14.3 Å². The molecule has 1 rings (SSSR count). The van der Waals surface area contributed by atoms with Gasteiger partial charge >= 0.3 is 5.97 Å². The molecule has 0 spiro atoms. The number of nitro benzene ring substituents is 1. The number of esters is 1. The summed E-state index contributed by atoms with van der Waals surface area (Å²) in [7, 11) is -1.46. The van der Waals surface area contributed by atoms with E-state index in [1.807, 2.05) is 0 Å². The van der Waals surface area contributed by atoms with Crippen molar-refractivity contribution in [1.29, 1.82) is 0 Å². The Bertz CT molecular complexity index is 702. The van der Waals surface area contributed by atoms with E-state index in [0.29, 0.717) is 0 Å². The molecule has 0 saturated heterocycles. The molecule has 1 aromatic rings. The van der Waals surface area contributed by atoms with E-state index in [2.05, 4.69) is 0 Å². The molecule has 7 nitrogen and oxygen atoms in total. The molecule has 0 aromatic heterocycles. The molecule has 0 heterocycles. The molecule has 1 aromatic carbocycles. The first-order valence-electron chi connectivity index (χ1n) is 7.36. The number of carbonyl (C=O) groups is 1. The van der Waals surface area contributed by atoms with Crippen LogP contribution in [-0.2, 0) is 20.3 Å². The van der Waals surface area contributed by atoms with Gasteiger partial charge in [-0.15, -0.1) is 11.8 Å². The average molecular weight is 387 g/mol. The third-order valence-electron chi connectivity index (χ3n) is 3.45. The van der Waals surface area contributed by atoms with Gasteiger partial charge in [0.2, 0.25) is 0 Å². The summed E-state index contributed by atoms with van der Waals surface area (Å²) < 4.78 is 16.2. The van der Waals surface area contributed by atoms with E-state index in [1.54, 1.807) is 19.2 Å². The molecule has 0 amide bonds. The minimum absolute atomic E-state index is 0.0717. The molecular formula is C16H21NO6S2. The van der Waals surface area contributed by atoms with Gasteiger partial charge < -0.3 is 9.84 Å². The summed E-state index contributed by atoms with van der Waals surface area (Å²) in [5.41, 5.74) is -2.05. The number of rotatable bonds is 8. The SMILES string of the molecule is CCOC(=O)/C(=C\c1ccccc1[N+](=O)[O-])[C@@](C)(O)[C@@H](SC)S(C)=O. The number of benzene rings is 1. The number of hydrogen-bond acceptors (Lipinski definition) is 7. The number of ether oxygens (including phenoxy) is 1. The molecule has 3 atom stereocenters. The monoisotopic (exact) mass is 387 g/mol. The van der Waals surface area contributed by atoms with Crippen molar-refractivity contribution >= 4 is 40.3 Å². The van der Waals surface area contributed by atoms with Crippen LogP contribution >= 0.6 is 11.8 Å². The highest BCUT2D eigenvalue weighted by Gasteiger charge is 2.42. The quantitative estimate of drug-likeness (QED) is 0.316. The van der Waals surface area contributed by atoms with Gasteiger partial charge in [0.05, 0.1) is 22.7 Å². The summed E-state index contributed by atoms with van der Waals surface area (Å²) in [6.45, 7) is 3.04. The Morgan fingerprint density at radius 3 is 2.60 bits per heavy atom. The lowest BCUT2D eigenvalue weighted by atomic mass is 9.94. The zero-order valence-corrected chi connectivity index (χ0v) is 16.1. The van der Waals surface area contributed by atoms with Gasteiger partial charge in [-0.1, -0.05) is 12.1 Å². The van der Waals surface area contributed by atoms with Crippen LogP contribution in [0.15, 0.2) is 29.8 Å². The van der Waals surface area contributed by atoms with E-state index < -0.39 is 31.9 Å². The number of nitrogens with zero attached hydrogens (tertiary/aromatic N) is 1. The van der Waals surface area contributed by atoms with Crippen LogP contribution in [0.1, 0.15) is 19.4 Å². The predicted molar refractivity (Wildman–Crippen MR) is 99.7 cm³/mol. The summed E-state index contributed by atoms with van der Waals surface area (Å²) in [4.78, 5) is 23.0. The number of aliphatic hydroxyl groups is 1. The molecular weight excluding hydrogens is 366 g/mol. The standard InChI is InChI=1S/C16H21NO6S2/c1-5-23-14(18)12(16(2,19)15(24-3)25(4)22)10-11-8-6-7-9-13(11)17(20)21/h6-10,15,19H,5H2,1-4H3/b12-10+/t15-,16+,25?/m0/s1. The lowest BCUT2D eigenvalue weighted by Crippen LogP contribution is -2.44. The van der Waals surface area contributed by atoms with Crippen LogP contribution < -0.4 is 0 Å². The van der Waals surface area contributed by atoms with Crippen molar-refractivity contribution in [2.24, 2.45) is 0 Å². The maximum atomic E-state index is 12.4. The summed E-state index contributed by atoms with van der Waals surface area (Å²) >= 11 is 1.14. The Balaban J connectivity index is 3.57. The molecule has 1 unspecified atom stereocenters. The zero-order chi connectivity index (χ0) is 19.2. The smallest absolute Gasteiger partial charge is 0.337 e. The van der Waals surface area contributed by atoms with Crippen LogP contribution in [0.25, 0.3) is 6.08 Å². The van der Waals surface area contributed by atoms with Gasteiger partial charge in [0, 0.05) is 23.1 Å². The fourth-order valence-corrected chi connectivity index (χ4v) is 4.81. The number of nitro groups is 1. The summed E-state index contributed by atoms with van der Waals surface area (Å²) in [5.74, 6) is -0.810. The van der Waals surface area contributed by atoms with Crippen molar-refractivity contribution in [2.45, 2.75) is 24.0 Å². The maximum absolute atomic E-state index is 12.4. The van der Waals surface area contributed by atoms with Gasteiger partial charge in [0.15, 0.2) is 0 Å². The van der Waals surface area contributed by atoms with Gasteiger partial charge in [-0.25, -0.2) is 4.79 Å². The highest BCUT2D eigenvalue weighted by atomic mass is 32.2. The average Bonchev–Trinajstić information content (AvgIpc) is 2.52. The second-order valence-electron chi connectivity index (χ2n) is 5.31. The van der Waals surface area contributed by atoms with E-state index in [-0.39, 0.29) is 23.4 Å². The summed E-state index contributed by atoms with van der Waals surface area (Å²) in [5, 5.41) is 22.1. The van der Waals surface area contributed by atoms with Crippen LogP contribution in [0.3, 0.4) is 0 Å². The van der Waals surface area contributed by atoms with Crippen molar-refractivity contribution in [3.05, 3.63) is 45.5 Å². The third-order valence-corrected chi connectivity index (χ3v) is 6.79. The third kappa shape index (κ3) is 5.13. The first kappa shape index (κ1) is 21.3. The molecule has 138 valence electrons. The molecule has 0 aliphatic heterocycles. The minimum atomic E-state index is -1.81. The Labute approximate surface area is 153 Å². The summed E-state index contributed by atoms with van der Waals surface area (Å²) in [6.07, 6.45) is 4.31. The number of thioether (sulfide) groups is 1. The van der Waals surface area contributed by atoms with E-state index >= 15 is 0 Å². The molecule has 1 N–H and O–H groups in total. The predicted octanol–water partition coefficient (Wildman–Crippen LogP) is 2.36. The molecule has 25 heavy (non-hydrogen) atoms. The lowest BCUT2D eigenvalue weighted by molar-refractivity contribution is -0.385. The van der Waals surface area contributed by atoms with Crippen LogP contribution in [0.5, 0.6) is 0 Å². The second kappa shape index (κ2) is 9.12. The van der Waals surface area contributed by atoms with Gasteiger partial charge in [-0.05, 0) is 32.2 Å². The minimum Gasteiger partial charge on any atom is -0.463 e. The topological polar surface area (TPSA) is 107 Å². The molecule has 0 aliphatic carbocycles. The van der Waals surface area contributed by atoms with E-state index in [1.165, 1.54) is 37.5 Å². The van der Waals surface area contributed by atoms with Gasteiger partial charge in [0.1, 0.15) is 10.2 Å². The fraction of sp³-hybridized carbons (Fsp3) is 0.438.